The van der Waals surface area contributed by atoms with Crippen molar-refractivity contribution >= 4 is 23.2 Å². The van der Waals surface area contributed by atoms with Crippen molar-refractivity contribution in [3.8, 4) is 0 Å². The number of nitrogens with two attached hydrogens (primary N) is 1. The molecule has 0 saturated heterocycles. The maximum atomic E-state index is 6.33. The van der Waals surface area contributed by atoms with Gasteiger partial charge in [-0.15, -0.1) is 0 Å². The number of hydrogen-bond donors (Lipinski definition) is 1. The molecule has 0 aliphatic rings. The number of halogens is 2. The summed E-state index contributed by atoms with van der Waals surface area (Å²) in [6.45, 7) is 3.13. The first-order chi connectivity index (χ1) is 9.52. The number of hydrogen-bond acceptors (Lipinski definition) is 3. The smallest absolute Gasteiger partial charge is 0.0837 e. The lowest BCUT2D eigenvalue weighted by molar-refractivity contribution is 0.182. The molecule has 0 fully saturated rings. The van der Waals surface area contributed by atoms with E-state index in [9.17, 15) is 0 Å². The standard InChI is InChI=1S/C14H17Cl2N3O/c1-9-5-10(7-11(15)6-9)13(17)14-12(16)8-18-19(14)3-4-20-2/h5-8,13H,3-4,17H2,1-2H3. The summed E-state index contributed by atoms with van der Waals surface area (Å²) in [4.78, 5) is 0. The van der Waals surface area contributed by atoms with Gasteiger partial charge in [0.1, 0.15) is 0 Å². The van der Waals surface area contributed by atoms with Gasteiger partial charge in [-0.25, -0.2) is 0 Å². The summed E-state index contributed by atoms with van der Waals surface area (Å²) in [6.07, 6.45) is 1.60. The van der Waals surface area contributed by atoms with E-state index < -0.39 is 0 Å². The highest BCUT2D eigenvalue weighted by Gasteiger charge is 2.19. The Balaban J connectivity index is 2.36. The Morgan fingerprint density at radius 3 is 2.75 bits per heavy atom. The molecule has 0 spiro atoms. The van der Waals surface area contributed by atoms with Gasteiger partial charge in [0, 0.05) is 12.1 Å². The average molecular weight is 314 g/mol. The molecular formula is C14H17Cl2N3O. The third-order valence-corrected chi connectivity index (χ3v) is 3.57. The van der Waals surface area contributed by atoms with Gasteiger partial charge >= 0.3 is 0 Å². The van der Waals surface area contributed by atoms with Crippen LogP contribution in [0.25, 0.3) is 0 Å². The minimum Gasteiger partial charge on any atom is -0.383 e. The van der Waals surface area contributed by atoms with E-state index in [-0.39, 0.29) is 6.04 Å². The second-order valence-corrected chi connectivity index (χ2v) is 5.48. The number of ether oxygens (including phenoxy) is 1. The second-order valence-electron chi connectivity index (χ2n) is 4.63. The van der Waals surface area contributed by atoms with E-state index in [1.165, 1.54) is 0 Å². The third-order valence-electron chi connectivity index (χ3n) is 3.06. The van der Waals surface area contributed by atoms with E-state index in [4.69, 9.17) is 33.7 Å². The quantitative estimate of drug-likeness (QED) is 0.922. The minimum atomic E-state index is -0.376. The molecule has 1 atom stereocenters. The topological polar surface area (TPSA) is 53.1 Å². The van der Waals surface area contributed by atoms with Crippen LogP contribution in [0.15, 0.2) is 24.4 Å². The molecule has 0 radical (unpaired) electrons. The average Bonchev–Trinajstić information content (AvgIpc) is 2.75. The highest BCUT2D eigenvalue weighted by atomic mass is 35.5. The molecule has 2 N–H and O–H groups in total. The Hall–Kier alpha value is -1.07. The summed E-state index contributed by atoms with van der Waals surface area (Å²) in [5.74, 6) is 0. The van der Waals surface area contributed by atoms with Gasteiger partial charge in [-0.3, -0.25) is 4.68 Å². The minimum absolute atomic E-state index is 0.376. The van der Waals surface area contributed by atoms with Crippen LogP contribution in [0.3, 0.4) is 0 Å². The number of benzene rings is 1. The normalized spacial score (nSPS) is 12.7. The molecule has 0 saturated carbocycles. The molecule has 2 aromatic rings. The molecule has 2 rings (SSSR count). The first-order valence-electron chi connectivity index (χ1n) is 6.25. The first-order valence-corrected chi connectivity index (χ1v) is 7.01. The van der Waals surface area contributed by atoms with Crippen molar-refractivity contribution in [2.24, 2.45) is 5.73 Å². The van der Waals surface area contributed by atoms with Crippen molar-refractivity contribution < 1.29 is 4.74 Å². The van der Waals surface area contributed by atoms with Gasteiger partial charge in [0.25, 0.3) is 0 Å². The number of aryl methyl sites for hydroxylation is 1. The monoisotopic (exact) mass is 313 g/mol. The van der Waals surface area contributed by atoms with E-state index in [1.54, 1.807) is 18.0 Å². The zero-order valence-electron chi connectivity index (χ0n) is 11.4. The zero-order chi connectivity index (χ0) is 14.7. The fourth-order valence-electron chi connectivity index (χ4n) is 2.14. The zero-order valence-corrected chi connectivity index (χ0v) is 12.9. The van der Waals surface area contributed by atoms with Crippen molar-refractivity contribution in [3.05, 3.63) is 51.3 Å². The molecule has 6 heteroatoms. The molecule has 0 aliphatic carbocycles. The lowest BCUT2D eigenvalue weighted by Crippen LogP contribution is -2.19. The van der Waals surface area contributed by atoms with E-state index >= 15 is 0 Å². The number of aromatic nitrogens is 2. The molecule has 0 aliphatic heterocycles. The number of methoxy groups -OCH3 is 1. The van der Waals surface area contributed by atoms with Crippen molar-refractivity contribution in [1.82, 2.24) is 9.78 Å². The van der Waals surface area contributed by atoms with Crippen molar-refractivity contribution in [3.63, 3.8) is 0 Å². The molecule has 4 nitrogen and oxygen atoms in total. The van der Waals surface area contributed by atoms with Crippen molar-refractivity contribution in [2.45, 2.75) is 19.5 Å². The molecule has 1 aromatic carbocycles. The number of nitrogens with zero attached hydrogens (tertiary/aromatic N) is 2. The predicted octanol–water partition coefficient (Wildman–Crippen LogP) is 3.19. The summed E-state index contributed by atoms with van der Waals surface area (Å²) in [5.41, 5.74) is 9.07. The summed E-state index contributed by atoms with van der Waals surface area (Å²) in [6, 6.07) is 5.37. The lowest BCUT2D eigenvalue weighted by Gasteiger charge is -2.16. The summed E-state index contributed by atoms with van der Waals surface area (Å²) in [7, 11) is 1.64. The molecule has 0 bridgehead atoms. The van der Waals surface area contributed by atoms with Gasteiger partial charge in [-0.2, -0.15) is 5.10 Å². The largest absolute Gasteiger partial charge is 0.383 e. The molecule has 0 amide bonds. The molecule has 1 unspecified atom stereocenters. The molecule has 20 heavy (non-hydrogen) atoms. The van der Waals surface area contributed by atoms with Crippen LogP contribution in [-0.4, -0.2) is 23.5 Å². The molecule has 1 aromatic heterocycles. The first kappa shape index (κ1) is 15.3. The van der Waals surface area contributed by atoms with Gasteiger partial charge in [-0.1, -0.05) is 29.3 Å². The van der Waals surface area contributed by atoms with Gasteiger partial charge in [0.05, 0.1) is 36.1 Å². The third kappa shape index (κ3) is 3.33. The van der Waals surface area contributed by atoms with Gasteiger partial charge in [0.2, 0.25) is 0 Å². The Bertz CT molecular complexity index is 578. The second kappa shape index (κ2) is 6.59. The molecular weight excluding hydrogens is 297 g/mol. The van der Waals surface area contributed by atoms with Crippen molar-refractivity contribution in [1.29, 1.82) is 0 Å². The SMILES string of the molecule is COCCn1ncc(Cl)c1C(N)c1cc(C)cc(Cl)c1. The van der Waals surface area contributed by atoms with Crippen LogP contribution in [0.5, 0.6) is 0 Å². The van der Waals surface area contributed by atoms with Gasteiger partial charge in [0.15, 0.2) is 0 Å². The van der Waals surface area contributed by atoms with Crippen LogP contribution in [0.1, 0.15) is 22.9 Å². The highest BCUT2D eigenvalue weighted by Crippen LogP contribution is 2.28. The van der Waals surface area contributed by atoms with Crippen LogP contribution in [0.4, 0.5) is 0 Å². The van der Waals surface area contributed by atoms with Crippen molar-refractivity contribution in [2.75, 3.05) is 13.7 Å². The lowest BCUT2D eigenvalue weighted by atomic mass is 10.0. The molecule has 108 valence electrons. The van der Waals surface area contributed by atoms with Crippen LogP contribution in [0.2, 0.25) is 10.0 Å². The predicted molar refractivity (Wildman–Crippen MR) is 81.3 cm³/mol. The number of rotatable bonds is 5. The fourth-order valence-corrected chi connectivity index (χ4v) is 2.70. The molecule has 1 heterocycles. The Morgan fingerprint density at radius 1 is 1.35 bits per heavy atom. The fraction of sp³-hybridized carbons (Fsp3) is 0.357. The van der Waals surface area contributed by atoms with Crippen LogP contribution in [0, 0.1) is 6.92 Å². The van der Waals surface area contributed by atoms with Crippen LogP contribution >= 0.6 is 23.2 Å². The Labute approximate surface area is 128 Å². The van der Waals surface area contributed by atoms with E-state index in [0.717, 1.165) is 16.8 Å². The van der Waals surface area contributed by atoms with Gasteiger partial charge < -0.3 is 10.5 Å². The van der Waals surface area contributed by atoms with E-state index in [0.29, 0.717) is 23.2 Å². The van der Waals surface area contributed by atoms with E-state index in [1.807, 2.05) is 25.1 Å². The van der Waals surface area contributed by atoms with E-state index in [2.05, 4.69) is 5.10 Å². The maximum Gasteiger partial charge on any atom is 0.0837 e. The van der Waals surface area contributed by atoms with Crippen LogP contribution in [-0.2, 0) is 11.3 Å². The van der Waals surface area contributed by atoms with Crippen LogP contribution < -0.4 is 5.73 Å². The highest BCUT2D eigenvalue weighted by molar-refractivity contribution is 6.31. The summed E-state index contributed by atoms with van der Waals surface area (Å²) in [5, 5.41) is 5.45. The Kier molecular flexibility index (Phi) is 5.05. The maximum absolute atomic E-state index is 6.33. The van der Waals surface area contributed by atoms with Gasteiger partial charge in [-0.05, 0) is 30.2 Å². The summed E-state index contributed by atoms with van der Waals surface area (Å²) >= 11 is 12.3. The summed E-state index contributed by atoms with van der Waals surface area (Å²) < 4.78 is 6.84. The Morgan fingerprint density at radius 2 is 2.10 bits per heavy atom.